The minimum Gasteiger partial charge on any atom is -0.326 e. The summed E-state index contributed by atoms with van der Waals surface area (Å²) < 4.78 is 16.5. The number of amides is 1. The average Bonchev–Trinajstić information content (AvgIpc) is 2.94. The number of hydrogen-bond acceptors (Lipinski definition) is 3. The van der Waals surface area contributed by atoms with Crippen LogP contribution in [-0.2, 0) is 24.2 Å². The molecule has 0 fully saturated rings. The minimum absolute atomic E-state index is 0.129. The second-order valence-corrected chi connectivity index (χ2v) is 7.88. The lowest BCUT2D eigenvalue weighted by molar-refractivity contribution is -0.115. The maximum atomic E-state index is 14.6. The van der Waals surface area contributed by atoms with Crippen LogP contribution in [0.4, 0.5) is 10.1 Å². The Labute approximate surface area is 177 Å². The molecular formula is C21H19Cl2FN4O. The van der Waals surface area contributed by atoms with Crippen LogP contribution in [0.15, 0.2) is 36.4 Å². The van der Waals surface area contributed by atoms with Crippen LogP contribution < -0.4 is 5.32 Å². The van der Waals surface area contributed by atoms with E-state index in [4.69, 9.17) is 23.2 Å². The number of anilines is 1. The molecule has 0 saturated heterocycles. The number of hydrogen-bond donors (Lipinski definition) is 1. The largest absolute Gasteiger partial charge is 0.326 e. The van der Waals surface area contributed by atoms with Crippen LogP contribution in [0.1, 0.15) is 30.7 Å². The molecule has 0 atom stereocenters. The molecule has 1 aliphatic heterocycles. The van der Waals surface area contributed by atoms with Crippen molar-refractivity contribution in [1.29, 1.82) is 0 Å². The minimum atomic E-state index is -0.396. The number of fused-ring (bicyclic) bond motifs is 1. The van der Waals surface area contributed by atoms with Crippen LogP contribution in [0.5, 0.6) is 0 Å². The summed E-state index contributed by atoms with van der Waals surface area (Å²) in [6.07, 6.45) is 4.17. The lowest BCUT2D eigenvalue weighted by atomic mass is 10.1. The quantitative estimate of drug-likeness (QED) is 0.608. The van der Waals surface area contributed by atoms with Crippen LogP contribution in [0.2, 0.25) is 10.0 Å². The number of aryl methyl sites for hydroxylation is 1. The Morgan fingerprint density at radius 3 is 2.76 bits per heavy atom. The highest BCUT2D eigenvalue weighted by molar-refractivity contribution is 6.42. The molecule has 2 aromatic carbocycles. The molecule has 29 heavy (non-hydrogen) atoms. The van der Waals surface area contributed by atoms with Gasteiger partial charge in [-0.2, -0.15) is 0 Å². The summed E-state index contributed by atoms with van der Waals surface area (Å²) in [5.41, 5.74) is 1.57. The van der Waals surface area contributed by atoms with Crippen molar-refractivity contribution in [3.8, 4) is 11.4 Å². The molecule has 150 valence electrons. The first-order chi connectivity index (χ1) is 14.0. The Hall–Kier alpha value is -2.44. The predicted molar refractivity (Wildman–Crippen MR) is 112 cm³/mol. The number of rotatable bonds is 4. The summed E-state index contributed by atoms with van der Waals surface area (Å²) in [6, 6.07) is 9.53. The topological polar surface area (TPSA) is 59.8 Å². The molecule has 8 heteroatoms. The number of halogens is 3. The van der Waals surface area contributed by atoms with Gasteiger partial charge < -0.3 is 9.88 Å². The van der Waals surface area contributed by atoms with Gasteiger partial charge in [-0.1, -0.05) is 35.7 Å². The zero-order valence-electron chi connectivity index (χ0n) is 15.6. The second-order valence-electron chi connectivity index (χ2n) is 7.07. The third kappa shape index (κ3) is 4.43. The zero-order valence-corrected chi connectivity index (χ0v) is 17.1. The first-order valence-corrected chi connectivity index (χ1v) is 10.2. The van der Waals surface area contributed by atoms with E-state index in [9.17, 15) is 9.18 Å². The fraction of sp³-hybridized carbons (Fsp3) is 0.286. The lowest BCUT2D eigenvalue weighted by Gasteiger charge is -2.11. The van der Waals surface area contributed by atoms with Crippen LogP contribution in [0, 0.1) is 5.82 Å². The number of nitrogens with zero attached hydrogens (tertiary/aromatic N) is 3. The first kappa shape index (κ1) is 19.9. The normalized spacial score (nSPS) is 13.6. The smallest absolute Gasteiger partial charge is 0.228 e. The summed E-state index contributed by atoms with van der Waals surface area (Å²) in [5.74, 6) is 0.749. The van der Waals surface area contributed by atoms with Crippen molar-refractivity contribution >= 4 is 34.8 Å². The Morgan fingerprint density at radius 1 is 1.07 bits per heavy atom. The van der Waals surface area contributed by atoms with E-state index in [1.807, 2.05) is 4.57 Å². The van der Waals surface area contributed by atoms with E-state index >= 15 is 0 Å². The monoisotopic (exact) mass is 432 g/mol. The van der Waals surface area contributed by atoms with Crippen molar-refractivity contribution in [3.63, 3.8) is 0 Å². The lowest BCUT2D eigenvalue weighted by Crippen LogP contribution is -2.14. The molecular weight excluding hydrogens is 414 g/mol. The van der Waals surface area contributed by atoms with Gasteiger partial charge in [0.2, 0.25) is 5.91 Å². The van der Waals surface area contributed by atoms with E-state index in [1.54, 1.807) is 24.3 Å². The summed E-state index contributed by atoms with van der Waals surface area (Å²) in [5, 5.41) is 12.1. The van der Waals surface area contributed by atoms with Gasteiger partial charge in [-0.05, 0) is 48.7 Å². The van der Waals surface area contributed by atoms with Crippen LogP contribution in [-0.4, -0.2) is 20.7 Å². The van der Waals surface area contributed by atoms with Gasteiger partial charge in [0.25, 0.3) is 0 Å². The Balaban J connectivity index is 1.55. The number of aromatic nitrogens is 3. The first-order valence-electron chi connectivity index (χ1n) is 9.47. The fourth-order valence-electron chi connectivity index (χ4n) is 3.50. The number of nitrogens with one attached hydrogen (secondary N) is 1. The van der Waals surface area contributed by atoms with Crippen LogP contribution in [0.3, 0.4) is 0 Å². The van der Waals surface area contributed by atoms with Crippen molar-refractivity contribution < 1.29 is 9.18 Å². The summed E-state index contributed by atoms with van der Waals surface area (Å²) in [7, 11) is 0. The van der Waals surface area contributed by atoms with E-state index in [0.29, 0.717) is 27.1 Å². The summed E-state index contributed by atoms with van der Waals surface area (Å²) in [6.45, 7) is 0.769. The van der Waals surface area contributed by atoms with E-state index in [0.717, 1.165) is 43.6 Å². The van der Waals surface area contributed by atoms with Crippen molar-refractivity contribution in [2.45, 2.75) is 38.6 Å². The summed E-state index contributed by atoms with van der Waals surface area (Å²) in [4.78, 5) is 12.4. The molecule has 1 aromatic heterocycles. The molecule has 4 rings (SSSR count). The van der Waals surface area contributed by atoms with E-state index in [1.165, 1.54) is 12.1 Å². The van der Waals surface area contributed by atoms with Crippen molar-refractivity contribution in [3.05, 3.63) is 63.6 Å². The third-order valence-corrected chi connectivity index (χ3v) is 5.69. The molecule has 0 bridgehead atoms. The van der Waals surface area contributed by atoms with E-state index in [2.05, 4.69) is 15.5 Å². The number of carbonyl (C=O) groups excluding carboxylic acids is 1. The van der Waals surface area contributed by atoms with Gasteiger partial charge in [0.15, 0.2) is 5.82 Å². The molecule has 0 saturated carbocycles. The molecule has 1 N–H and O–H groups in total. The maximum Gasteiger partial charge on any atom is 0.228 e. The highest BCUT2D eigenvalue weighted by Gasteiger charge is 2.19. The summed E-state index contributed by atoms with van der Waals surface area (Å²) >= 11 is 11.9. The standard InChI is InChI=1S/C21H19Cl2FN4O/c22-16-7-5-13(10-17(16)23)11-20(29)25-14-6-8-18(24)15(12-14)21-27-26-19-4-2-1-3-9-28(19)21/h5-8,10,12H,1-4,9,11H2,(H,25,29). The average molecular weight is 433 g/mol. The van der Waals surface area contributed by atoms with Gasteiger partial charge in [-0.3, -0.25) is 4.79 Å². The van der Waals surface area contributed by atoms with Crippen molar-refractivity contribution in [2.24, 2.45) is 0 Å². The van der Waals surface area contributed by atoms with Gasteiger partial charge in [0, 0.05) is 18.7 Å². The van der Waals surface area contributed by atoms with Gasteiger partial charge in [-0.15, -0.1) is 10.2 Å². The number of benzene rings is 2. The Morgan fingerprint density at radius 2 is 1.93 bits per heavy atom. The van der Waals surface area contributed by atoms with E-state index < -0.39 is 5.82 Å². The Kier molecular flexibility index (Phi) is 5.83. The molecule has 3 aromatic rings. The van der Waals surface area contributed by atoms with Gasteiger partial charge in [0.1, 0.15) is 11.6 Å². The predicted octanol–water partition coefficient (Wildman–Crippen LogP) is 5.30. The fourth-order valence-corrected chi connectivity index (χ4v) is 3.82. The molecule has 0 spiro atoms. The SMILES string of the molecule is O=C(Cc1ccc(Cl)c(Cl)c1)Nc1ccc(F)c(-c2nnc3n2CCCCC3)c1. The van der Waals surface area contributed by atoms with Crippen LogP contribution >= 0.6 is 23.2 Å². The third-order valence-electron chi connectivity index (χ3n) is 4.95. The molecule has 1 aliphatic rings. The van der Waals surface area contributed by atoms with Gasteiger partial charge in [-0.25, -0.2) is 4.39 Å². The molecule has 2 heterocycles. The molecule has 5 nitrogen and oxygen atoms in total. The number of carbonyl (C=O) groups is 1. The highest BCUT2D eigenvalue weighted by Crippen LogP contribution is 2.28. The van der Waals surface area contributed by atoms with Gasteiger partial charge >= 0.3 is 0 Å². The second kappa shape index (κ2) is 8.51. The molecule has 0 radical (unpaired) electrons. The van der Waals surface area contributed by atoms with Crippen molar-refractivity contribution in [2.75, 3.05) is 5.32 Å². The Bertz CT molecular complexity index is 1070. The molecule has 1 amide bonds. The van der Waals surface area contributed by atoms with Crippen LogP contribution in [0.25, 0.3) is 11.4 Å². The molecule has 0 unspecified atom stereocenters. The maximum absolute atomic E-state index is 14.6. The zero-order chi connectivity index (χ0) is 20.4. The molecule has 0 aliphatic carbocycles. The van der Waals surface area contributed by atoms with Crippen molar-refractivity contribution in [1.82, 2.24) is 14.8 Å². The van der Waals surface area contributed by atoms with E-state index in [-0.39, 0.29) is 12.3 Å². The van der Waals surface area contributed by atoms with Gasteiger partial charge in [0.05, 0.1) is 22.0 Å². The highest BCUT2D eigenvalue weighted by atomic mass is 35.5.